The van der Waals surface area contributed by atoms with Gasteiger partial charge in [0.25, 0.3) is 0 Å². The van der Waals surface area contributed by atoms with Gasteiger partial charge in [0.15, 0.2) is 11.6 Å². The van der Waals surface area contributed by atoms with E-state index in [-0.39, 0.29) is 11.3 Å². The second-order valence-electron chi connectivity index (χ2n) is 4.31. The van der Waals surface area contributed by atoms with Crippen molar-refractivity contribution in [1.82, 2.24) is 9.97 Å². The molecule has 0 aliphatic heterocycles. The maximum Gasteiger partial charge on any atom is 0.161 e. The number of nitrogens with one attached hydrogen (secondary N) is 1. The first kappa shape index (κ1) is 14.3. The molecule has 6 heteroatoms. The summed E-state index contributed by atoms with van der Waals surface area (Å²) in [5, 5.41) is 2.88. The fourth-order valence-corrected chi connectivity index (χ4v) is 1.93. The standard InChI is InChI=1S/C14H14F3N3/c1-4-12-19-13(7(2)14(18-3)20-12)8-5-10(16)11(17)6-9(8)15/h5-6H,4H2,1-3H3,(H,18,19,20). The molecular formula is C14H14F3N3. The van der Waals surface area contributed by atoms with Crippen molar-refractivity contribution in [3.63, 3.8) is 0 Å². The van der Waals surface area contributed by atoms with Gasteiger partial charge in [-0.15, -0.1) is 0 Å². The van der Waals surface area contributed by atoms with Gasteiger partial charge in [0.2, 0.25) is 0 Å². The lowest BCUT2D eigenvalue weighted by molar-refractivity contribution is 0.496. The minimum absolute atomic E-state index is 0.0741. The fraction of sp³-hybridized carbons (Fsp3) is 0.286. The third-order valence-electron chi connectivity index (χ3n) is 3.01. The number of nitrogens with zero attached hydrogens (tertiary/aromatic N) is 2. The summed E-state index contributed by atoms with van der Waals surface area (Å²) in [5.74, 6) is -2.14. The number of anilines is 1. The molecule has 0 fully saturated rings. The molecule has 0 radical (unpaired) electrons. The smallest absolute Gasteiger partial charge is 0.161 e. The Hall–Kier alpha value is -2.11. The summed E-state index contributed by atoms with van der Waals surface area (Å²) < 4.78 is 40.2. The van der Waals surface area contributed by atoms with Crippen LogP contribution in [0.3, 0.4) is 0 Å². The Kier molecular flexibility index (Phi) is 3.92. The van der Waals surface area contributed by atoms with E-state index in [1.807, 2.05) is 6.92 Å². The number of hydrogen-bond acceptors (Lipinski definition) is 3. The molecule has 3 nitrogen and oxygen atoms in total. The van der Waals surface area contributed by atoms with Crippen molar-refractivity contribution in [3.05, 3.63) is 41.0 Å². The molecule has 2 rings (SSSR count). The Morgan fingerprint density at radius 1 is 1.05 bits per heavy atom. The molecule has 20 heavy (non-hydrogen) atoms. The van der Waals surface area contributed by atoms with Gasteiger partial charge in [-0.2, -0.15) is 0 Å². The van der Waals surface area contributed by atoms with Gasteiger partial charge >= 0.3 is 0 Å². The lowest BCUT2D eigenvalue weighted by Crippen LogP contribution is -2.06. The van der Waals surface area contributed by atoms with Crippen LogP contribution in [0.2, 0.25) is 0 Å². The first-order valence-electron chi connectivity index (χ1n) is 6.18. The summed E-state index contributed by atoms with van der Waals surface area (Å²) in [7, 11) is 1.68. The van der Waals surface area contributed by atoms with E-state index in [4.69, 9.17) is 0 Å². The van der Waals surface area contributed by atoms with Gasteiger partial charge in [-0.05, 0) is 13.0 Å². The molecule has 0 saturated heterocycles. The van der Waals surface area contributed by atoms with Gasteiger partial charge < -0.3 is 5.32 Å². The average Bonchev–Trinajstić information content (AvgIpc) is 2.43. The first-order chi connectivity index (χ1) is 9.47. The lowest BCUT2D eigenvalue weighted by Gasteiger charge is -2.12. The van der Waals surface area contributed by atoms with Crippen LogP contribution in [0.5, 0.6) is 0 Å². The topological polar surface area (TPSA) is 37.8 Å². The zero-order valence-corrected chi connectivity index (χ0v) is 11.4. The molecule has 1 aromatic heterocycles. The molecule has 0 amide bonds. The summed E-state index contributed by atoms with van der Waals surface area (Å²) in [5.41, 5.74) is 0.766. The van der Waals surface area contributed by atoms with Crippen LogP contribution in [-0.2, 0) is 6.42 Å². The largest absolute Gasteiger partial charge is 0.373 e. The monoisotopic (exact) mass is 281 g/mol. The van der Waals surface area contributed by atoms with Crippen molar-refractivity contribution in [3.8, 4) is 11.3 Å². The van der Waals surface area contributed by atoms with Crippen LogP contribution in [0.4, 0.5) is 19.0 Å². The van der Waals surface area contributed by atoms with E-state index in [0.717, 1.165) is 6.07 Å². The number of aromatic nitrogens is 2. The lowest BCUT2D eigenvalue weighted by atomic mass is 10.1. The predicted octanol–water partition coefficient (Wildman–Crippen LogP) is 3.47. The number of benzene rings is 1. The highest BCUT2D eigenvalue weighted by Crippen LogP contribution is 2.29. The Morgan fingerprint density at radius 3 is 2.30 bits per heavy atom. The Balaban J connectivity index is 2.71. The van der Waals surface area contributed by atoms with Crippen molar-refractivity contribution < 1.29 is 13.2 Å². The van der Waals surface area contributed by atoms with Gasteiger partial charge in [0.05, 0.1) is 5.69 Å². The van der Waals surface area contributed by atoms with Crippen LogP contribution in [0.1, 0.15) is 18.3 Å². The Morgan fingerprint density at radius 2 is 1.70 bits per heavy atom. The highest BCUT2D eigenvalue weighted by Gasteiger charge is 2.17. The first-order valence-corrected chi connectivity index (χ1v) is 6.18. The molecule has 1 N–H and O–H groups in total. The van der Waals surface area contributed by atoms with E-state index >= 15 is 0 Å². The SMILES string of the molecule is CCc1nc(NC)c(C)c(-c2cc(F)c(F)cc2F)n1. The number of rotatable bonds is 3. The molecule has 0 saturated carbocycles. The van der Waals surface area contributed by atoms with Crippen LogP contribution in [0.25, 0.3) is 11.3 Å². The third kappa shape index (κ3) is 2.45. The number of hydrogen-bond donors (Lipinski definition) is 1. The molecule has 0 unspecified atom stereocenters. The van der Waals surface area contributed by atoms with E-state index in [1.165, 1.54) is 0 Å². The van der Waals surface area contributed by atoms with Gasteiger partial charge in [-0.25, -0.2) is 23.1 Å². The Bertz CT molecular complexity index is 657. The van der Waals surface area contributed by atoms with Crippen LogP contribution in [0.15, 0.2) is 12.1 Å². The molecule has 1 heterocycles. The van der Waals surface area contributed by atoms with Crippen molar-refractivity contribution in [2.24, 2.45) is 0 Å². The minimum atomic E-state index is -1.22. The van der Waals surface area contributed by atoms with E-state index in [0.29, 0.717) is 29.7 Å². The zero-order chi connectivity index (χ0) is 14.9. The van der Waals surface area contributed by atoms with Crippen molar-refractivity contribution in [1.29, 1.82) is 0 Å². The third-order valence-corrected chi connectivity index (χ3v) is 3.01. The molecule has 0 aliphatic carbocycles. The highest BCUT2D eigenvalue weighted by atomic mass is 19.2. The zero-order valence-electron chi connectivity index (χ0n) is 11.4. The quantitative estimate of drug-likeness (QED) is 0.875. The van der Waals surface area contributed by atoms with E-state index < -0.39 is 17.5 Å². The minimum Gasteiger partial charge on any atom is -0.373 e. The summed E-state index contributed by atoms with van der Waals surface area (Å²) in [4.78, 5) is 8.47. The number of halogens is 3. The maximum atomic E-state index is 13.9. The summed E-state index contributed by atoms with van der Waals surface area (Å²) in [6, 6.07) is 1.34. The maximum absolute atomic E-state index is 13.9. The summed E-state index contributed by atoms with van der Waals surface area (Å²) in [6.45, 7) is 3.55. The number of aryl methyl sites for hydroxylation is 1. The van der Waals surface area contributed by atoms with Crippen molar-refractivity contribution in [2.45, 2.75) is 20.3 Å². The molecule has 0 aliphatic rings. The van der Waals surface area contributed by atoms with Crippen LogP contribution in [0, 0.1) is 24.4 Å². The van der Waals surface area contributed by atoms with Crippen molar-refractivity contribution >= 4 is 5.82 Å². The van der Waals surface area contributed by atoms with Gasteiger partial charge in [-0.1, -0.05) is 6.92 Å². The summed E-state index contributed by atoms with van der Waals surface area (Å²) >= 11 is 0. The summed E-state index contributed by atoms with van der Waals surface area (Å²) in [6.07, 6.45) is 0.549. The van der Waals surface area contributed by atoms with E-state index in [2.05, 4.69) is 15.3 Å². The average molecular weight is 281 g/mol. The molecule has 106 valence electrons. The van der Waals surface area contributed by atoms with Crippen LogP contribution < -0.4 is 5.32 Å². The van der Waals surface area contributed by atoms with Gasteiger partial charge in [-0.3, -0.25) is 0 Å². The van der Waals surface area contributed by atoms with E-state index in [1.54, 1.807) is 14.0 Å². The Labute approximate surface area is 114 Å². The molecule has 1 aromatic carbocycles. The van der Waals surface area contributed by atoms with Crippen LogP contribution >= 0.6 is 0 Å². The molecule has 0 bridgehead atoms. The second-order valence-corrected chi connectivity index (χ2v) is 4.31. The van der Waals surface area contributed by atoms with Gasteiger partial charge in [0, 0.05) is 30.7 Å². The predicted molar refractivity (Wildman–Crippen MR) is 71.0 cm³/mol. The second kappa shape index (κ2) is 5.48. The highest BCUT2D eigenvalue weighted by molar-refractivity contribution is 5.68. The molecule has 2 aromatic rings. The molecular weight excluding hydrogens is 267 g/mol. The van der Waals surface area contributed by atoms with Crippen LogP contribution in [-0.4, -0.2) is 17.0 Å². The van der Waals surface area contributed by atoms with Gasteiger partial charge in [0.1, 0.15) is 17.5 Å². The molecule has 0 atom stereocenters. The molecule has 0 spiro atoms. The fourth-order valence-electron chi connectivity index (χ4n) is 1.93. The van der Waals surface area contributed by atoms with Crippen molar-refractivity contribution in [2.75, 3.05) is 12.4 Å². The van der Waals surface area contributed by atoms with E-state index in [9.17, 15) is 13.2 Å². The normalized spacial score (nSPS) is 10.7.